The molecule has 2 fully saturated rings. The molecule has 3 rings (SSSR count). The summed E-state index contributed by atoms with van der Waals surface area (Å²) < 4.78 is 0. The number of nitro benzene ring substituents is 1. The van der Waals surface area contributed by atoms with Gasteiger partial charge >= 0.3 is 5.97 Å². The van der Waals surface area contributed by atoms with Gasteiger partial charge in [0.25, 0.3) is 5.69 Å². The Bertz CT molecular complexity index is 623. The van der Waals surface area contributed by atoms with Crippen LogP contribution in [0.3, 0.4) is 0 Å². The van der Waals surface area contributed by atoms with E-state index in [-0.39, 0.29) is 17.0 Å². The van der Waals surface area contributed by atoms with Crippen molar-refractivity contribution in [2.24, 2.45) is 11.3 Å². The van der Waals surface area contributed by atoms with Crippen molar-refractivity contribution >= 4 is 11.7 Å². The molecule has 1 aromatic rings. The molecule has 130 valence electrons. The number of nitrogens with zero attached hydrogens (tertiary/aromatic N) is 3. The Hall–Kier alpha value is -1.99. The number of carbonyl (C=O) groups is 1. The lowest BCUT2D eigenvalue weighted by Gasteiger charge is -2.40. The third-order valence-electron chi connectivity index (χ3n) is 5.55. The molecular weight excluding hydrogens is 310 g/mol. The van der Waals surface area contributed by atoms with E-state index in [1.54, 1.807) is 12.1 Å². The molecule has 1 spiro atoms. The van der Waals surface area contributed by atoms with Gasteiger partial charge in [-0.05, 0) is 38.5 Å². The summed E-state index contributed by atoms with van der Waals surface area (Å²) in [6.45, 7) is 3.86. The minimum atomic E-state index is -0.703. The fourth-order valence-corrected chi connectivity index (χ4v) is 4.08. The molecule has 1 atom stereocenters. The van der Waals surface area contributed by atoms with Gasteiger partial charge in [-0.2, -0.15) is 0 Å². The molecule has 2 heterocycles. The fraction of sp³-hybridized carbons (Fsp3) is 0.588. The average Bonchev–Trinajstić information content (AvgIpc) is 2.89. The molecule has 2 aliphatic heterocycles. The van der Waals surface area contributed by atoms with Crippen molar-refractivity contribution in [3.8, 4) is 0 Å². The number of carboxylic acid groups (broad SMARTS) is 1. The Kier molecular flexibility index (Phi) is 4.56. The molecule has 1 aromatic carbocycles. The molecule has 7 heteroatoms. The third kappa shape index (κ3) is 3.27. The minimum Gasteiger partial charge on any atom is -0.481 e. The van der Waals surface area contributed by atoms with Crippen molar-refractivity contribution < 1.29 is 14.8 Å². The standard InChI is InChI=1S/C17H23N3O4/c1-18-8-6-17(7-9-18)12-19(11-15(17)16(21)22)10-13-2-4-14(5-3-13)20(23)24/h2-5,15H,6-12H2,1H3,(H,21,22). The summed E-state index contributed by atoms with van der Waals surface area (Å²) in [5.74, 6) is -1.03. The number of likely N-dealkylation sites (tertiary alicyclic amines) is 2. The Balaban J connectivity index is 1.71. The number of hydrogen-bond donors (Lipinski definition) is 1. The molecule has 0 bridgehead atoms. The number of benzene rings is 1. The van der Waals surface area contributed by atoms with E-state index in [0.29, 0.717) is 13.1 Å². The molecule has 0 radical (unpaired) electrons. The Morgan fingerprint density at radius 2 is 1.96 bits per heavy atom. The average molecular weight is 333 g/mol. The highest BCUT2D eigenvalue weighted by Gasteiger charge is 2.50. The largest absolute Gasteiger partial charge is 0.481 e. The molecule has 0 amide bonds. The normalized spacial score (nSPS) is 24.3. The van der Waals surface area contributed by atoms with Crippen molar-refractivity contribution in [3.63, 3.8) is 0 Å². The van der Waals surface area contributed by atoms with E-state index in [9.17, 15) is 20.0 Å². The van der Waals surface area contributed by atoms with Gasteiger partial charge in [-0.15, -0.1) is 0 Å². The number of hydrogen-bond acceptors (Lipinski definition) is 5. The maximum atomic E-state index is 11.8. The van der Waals surface area contributed by atoms with Gasteiger partial charge in [-0.1, -0.05) is 12.1 Å². The van der Waals surface area contributed by atoms with Gasteiger partial charge in [0, 0.05) is 37.2 Å². The van der Waals surface area contributed by atoms with E-state index >= 15 is 0 Å². The number of aliphatic carboxylic acids is 1. The summed E-state index contributed by atoms with van der Waals surface area (Å²) in [5.41, 5.74) is 0.921. The number of nitro groups is 1. The van der Waals surface area contributed by atoms with Crippen molar-refractivity contribution in [3.05, 3.63) is 39.9 Å². The van der Waals surface area contributed by atoms with Gasteiger partial charge in [0.05, 0.1) is 10.8 Å². The zero-order chi connectivity index (χ0) is 17.3. The van der Waals surface area contributed by atoms with Gasteiger partial charge in [0.15, 0.2) is 0 Å². The van der Waals surface area contributed by atoms with Crippen LogP contribution in [0.25, 0.3) is 0 Å². The fourth-order valence-electron chi connectivity index (χ4n) is 4.08. The highest BCUT2D eigenvalue weighted by atomic mass is 16.6. The maximum absolute atomic E-state index is 11.8. The Labute approximate surface area is 141 Å². The van der Waals surface area contributed by atoms with E-state index in [1.165, 1.54) is 12.1 Å². The van der Waals surface area contributed by atoms with E-state index in [2.05, 4.69) is 16.8 Å². The number of rotatable bonds is 4. The Morgan fingerprint density at radius 3 is 2.50 bits per heavy atom. The van der Waals surface area contributed by atoms with Crippen LogP contribution in [0, 0.1) is 21.4 Å². The molecule has 0 saturated carbocycles. The highest BCUT2D eigenvalue weighted by Crippen LogP contribution is 2.45. The molecular formula is C17H23N3O4. The summed E-state index contributed by atoms with van der Waals surface area (Å²) in [7, 11) is 2.08. The van der Waals surface area contributed by atoms with Crippen LogP contribution in [0.2, 0.25) is 0 Å². The first-order valence-electron chi connectivity index (χ1n) is 8.27. The summed E-state index contributed by atoms with van der Waals surface area (Å²) in [5, 5.41) is 20.4. The first-order valence-corrected chi connectivity index (χ1v) is 8.27. The van der Waals surface area contributed by atoms with E-state index in [1.807, 2.05) is 0 Å². The van der Waals surface area contributed by atoms with Crippen molar-refractivity contribution in [1.29, 1.82) is 0 Å². The SMILES string of the molecule is CN1CCC2(CC1)CN(Cc1ccc([N+](=O)[O-])cc1)CC2C(=O)O. The zero-order valence-corrected chi connectivity index (χ0v) is 13.9. The van der Waals surface area contributed by atoms with Crippen LogP contribution >= 0.6 is 0 Å². The van der Waals surface area contributed by atoms with E-state index < -0.39 is 10.9 Å². The molecule has 2 saturated heterocycles. The second kappa shape index (κ2) is 6.49. The van der Waals surface area contributed by atoms with E-state index in [4.69, 9.17) is 0 Å². The van der Waals surface area contributed by atoms with Crippen molar-refractivity contribution in [2.45, 2.75) is 19.4 Å². The second-order valence-corrected chi connectivity index (χ2v) is 7.15. The van der Waals surface area contributed by atoms with Crippen LogP contribution in [-0.4, -0.2) is 59.0 Å². The minimum absolute atomic E-state index is 0.0790. The van der Waals surface area contributed by atoms with Crippen molar-refractivity contribution in [1.82, 2.24) is 9.80 Å². The predicted octanol–water partition coefficient (Wildman–Crippen LogP) is 1.82. The van der Waals surface area contributed by atoms with Crippen LogP contribution in [0.15, 0.2) is 24.3 Å². The van der Waals surface area contributed by atoms with Gasteiger partial charge < -0.3 is 10.0 Å². The number of non-ortho nitro benzene ring substituents is 1. The summed E-state index contributed by atoms with van der Waals surface area (Å²) in [6.07, 6.45) is 1.83. The lowest BCUT2D eigenvalue weighted by molar-refractivity contribution is -0.384. The first-order chi connectivity index (χ1) is 11.4. The summed E-state index contributed by atoms with van der Waals surface area (Å²) in [6, 6.07) is 6.53. The van der Waals surface area contributed by atoms with Crippen LogP contribution in [0.4, 0.5) is 5.69 Å². The second-order valence-electron chi connectivity index (χ2n) is 7.15. The lowest BCUT2D eigenvalue weighted by Crippen LogP contribution is -2.44. The van der Waals surface area contributed by atoms with Gasteiger partial charge in [0.1, 0.15) is 0 Å². The van der Waals surface area contributed by atoms with Crippen molar-refractivity contribution in [2.75, 3.05) is 33.2 Å². The molecule has 24 heavy (non-hydrogen) atoms. The molecule has 1 N–H and O–H groups in total. The lowest BCUT2D eigenvalue weighted by atomic mass is 9.71. The number of carboxylic acids is 1. The monoisotopic (exact) mass is 333 g/mol. The number of piperidine rings is 1. The molecule has 0 aliphatic carbocycles. The molecule has 7 nitrogen and oxygen atoms in total. The molecule has 1 unspecified atom stereocenters. The highest BCUT2D eigenvalue weighted by molar-refractivity contribution is 5.72. The molecule has 2 aliphatic rings. The van der Waals surface area contributed by atoms with Crippen LogP contribution in [0.5, 0.6) is 0 Å². The van der Waals surface area contributed by atoms with Crippen LogP contribution < -0.4 is 0 Å². The molecule has 0 aromatic heterocycles. The first kappa shape index (κ1) is 16.9. The van der Waals surface area contributed by atoms with Crippen LogP contribution in [0.1, 0.15) is 18.4 Å². The van der Waals surface area contributed by atoms with Gasteiger partial charge in [0.2, 0.25) is 0 Å². The summed E-state index contributed by atoms with van der Waals surface area (Å²) >= 11 is 0. The van der Waals surface area contributed by atoms with E-state index in [0.717, 1.165) is 38.0 Å². The van der Waals surface area contributed by atoms with Gasteiger partial charge in [-0.3, -0.25) is 19.8 Å². The van der Waals surface area contributed by atoms with Gasteiger partial charge in [-0.25, -0.2) is 0 Å². The predicted molar refractivity (Wildman–Crippen MR) is 88.7 cm³/mol. The Morgan fingerprint density at radius 1 is 1.33 bits per heavy atom. The smallest absolute Gasteiger partial charge is 0.308 e. The van der Waals surface area contributed by atoms with Crippen LogP contribution in [-0.2, 0) is 11.3 Å². The topological polar surface area (TPSA) is 86.9 Å². The quantitative estimate of drug-likeness (QED) is 0.668. The zero-order valence-electron chi connectivity index (χ0n) is 13.9. The summed E-state index contributed by atoms with van der Waals surface area (Å²) in [4.78, 5) is 26.5. The maximum Gasteiger partial charge on any atom is 0.308 e. The third-order valence-corrected chi connectivity index (χ3v) is 5.55.